The smallest absolute Gasteiger partial charge is 0.0624 e. The second kappa shape index (κ2) is 4.21. The van der Waals surface area contributed by atoms with Crippen LogP contribution in [0.15, 0.2) is 18.2 Å². The summed E-state index contributed by atoms with van der Waals surface area (Å²) in [6.07, 6.45) is 2.03. The van der Waals surface area contributed by atoms with Crippen LogP contribution in [-0.4, -0.2) is 6.04 Å². The number of nitrogens with two attached hydrogens (primary N) is 1. The Morgan fingerprint density at radius 3 is 2.62 bits per heavy atom. The van der Waals surface area contributed by atoms with Crippen LogP contribution in [-0.2, 0) is 6.42 Å². The van der Waals surface area contributed by atoms with Crippen molar-refractivity contribution in [3.05, 3.63) is 33.8 Å². The topological polar surface area (TPSA) is 26.0 Å². The summed E-state index contributed by atoms with van der Waals surface area (Å²) in [5.41, 5.74) is 7.67. The van der Waals surface area contributed by atoms with Gasteiger partial charge in [-0.2, -0.15) is 0 Å². The molecule has 0 bridgehead atoms. The number of hydrogen-bond acceptors (Lipinski definition) is 1. The molecule has 0 aliphatic heterocycles. The predicted octanol–water partition coefficient (Wildman–Crippen LogP) is 3.91. The zero-order chi connectivity index (χ0) is 11.9. The van der Waals surface area contributed by atoms with E-state index >= 15 is 0 Å². The Balaban J connectivity index is 2.07. The summed E-state index contributed by atoms with van der Waals surface area (Å²) in [5, 5.41) is 1.26. The van der Waals surface area contributed by atoms with Crippen molar-refractivity contribution in [1.29, 1.82) is 0 Å². The van der Waals surface area contributed by atoms with Gasteiger partial charge in [0.15, 0.2) is 0 Å². The van der Waals surface area contributed by atoms with E-state index in [2.05, 4.69) is 13.8 Å². The van der Waals surface area contributed by atoms with E-state index in [9.17, 15) is 0 Å². The highest BCUT2D eigenvalue weighted by molar-refractivity contribution is 6.42. The van der Waals surface area contributed by atoms with Gasteiger partial charge in [0.05, 0.1) is 10.0 Å². The van der Waals surface area contributed by atoms with E-state index in [-0.39, 0.29) is 6.04 Å². The molecule has 16 heavy (non-hydrogen) atoms. The first-order chi connectivity index (χ1) is 7.42. The summed E-state index contributed by atoms with van der Waals surface area (Å²) in [4.78, 5) is 0. The van der Waals surface area contributed by atoms with E-state index in [4.69, 9.17) is 28.9 Å². The minimum Gasteiger partial charge on any atom is -0.327 e. The molecule has 1 aliphatic carbocycles. The molecule has 0 aromatic heterocycles. The molecule has 1 nitrogen and oxygen atoms in total. The van der Waals surface area contributed by atoms with Crippen LogP contribution in [0.4, 0.5) is 0 Å². The van der Waals surface area contributed by atoms with Gasteiger partial charge in [-0.05, 0) is 35.8 Å². The lowest BCUT2D eigenvalue weighted by atomic mass is 9.98. The molecule has 2 atom stereocenters. The molecule has 2 unspecified atom stereocenters. The summed E-state index contributed by atoms with van der Waals surface area (Å²) >= 11 is 12.1. The van der Waals surface area contributed by atoms with E-state index in [1.807, 2.05) is 12.1 Å². The Bertz CT molecular complexity index is 401. The first-order valence-electron chi connectivity index (χ1n) is 5.60. The second-order valence-corrected chi connectivity index (χ2v) is 6.17. The Kier molecular flexibility index (Phi) is 3.22. The average Bonchev–Trinajstić information content (AvgIpc) is 2.83. The van der Waals surface area contributed by atoms with Gasteiger partial charge in [-0.25, -0.2) is 0 Å². The van der Waals surface area contributed by atoms with Crippen molar-refractivity contribution in [2.45, 2.75) is 32.7 Å². The molecule has 2 rings (SSSR count). The Labute approximate surface area is 107 Å². The Morgan fingerprint density at radius 1 is 1.44 bits per heavy atom. The van der Waals surface area contributed by atoms with Gasteiger partial charge in [0.2, 0.25) is 0 Å². The lowest BCUT2D eigenvalue weighted by Gasteiger charge is -2.14. The summed E-state index contributed by atoms with van der Waals surface area (Å²) in [7, 11) is 0. The molecule has 3 heteroatoms. The van der Waals surface area contributed by atoms with Crippen LogP contribution in [0.1, 0.15) is 25.8 Å². The minimum absolute atomic E-state index is 0.186. The van der Waals surface area contributed by atoms with Crippen LogP contribution in [0.25, 0.3) is 0 Å². The van der Waals surface area contributed by atoms with Crippen LogP contribution < -0.4 is 5.73 Å². The number of benzene rings is 1. The van der Waals surface area contributed by atoms with Gasteiger partial charge in [0.1, 0.15) is 0 Å². The largest absolute Gasteiger partial charge is 0.327 e. The molecule has 0 heterocycles. The quantitative estimate of drug-likeness (QED) is 0.873. The van der Waals surface area contributed by atoms with Crippen LogP contribution in [0.5, 0.6) is 0 Å². The standard InChI is InChI=1S/C13H17Cl2N/c1-13(2)7-9(13)11(16)6-8-4-3-5-10(14)12(8)15/h3-5,9,11H,6-7,16H2,1-2H3. The second-order valence-electron chi connectivity index (χ2n) is 5.38. The fourth-order valence-corrected chi connectivity index (χ4v) is 2.74. The highest BCUT2D eigenvalue weighted by atomic mass is 35.5. The van der Waals surface area contributed by atoms with Crippen molar-refractivity contribution in [1.82, 2.24) is 0 Å². The van der Waals surface area contributed by atoms with Gasteiger partial charge < -0.3 is 5.73 Å². The molecule has 88 valence electrons. The molecule has 0 radical (unpaired) electrons. The van der Waals surface area contributed by atoms with Crippen molar-refractivity contribution in [3.8, 4) is 0 Å². The van der Waals surface area contributed by atoms with E-state index in [1.165, 1.54) is 6.42 Å². The van der Waals surface area contributed by atoms with Crippen molar-refractivity contribution in [2.75, 3.05) is 0 Å². The number of halogens is 2. The average molecular weight is 258 g/mol. The van der Waals surface area contributed by atoms with Crippen LogP contribution in [0.3, 0.4) is 0 Å². The van der Waals surface area contributed by atoms with Gasteiger partial charge in [0.25, 0.3) is 0 Å². The molecule has 1 aromatic carbocycles. The fraction of sp³-hybridized carbons (Fsp3) is 0.538. The number of rotatable bonds is 3. The molecule has 2 N–H and O–H groups in total. The summed E-state index contributed by atoms with van der Waals surface area (Å²) < 4.78 is 0. The zero-order valence-corrected chi connectivity index (χ0v) is 11.1. The molecule has 1 fully saturated rings. The normalized spacial score (nSPS) is 24.2. The number of hydrogen-bond donors (Lipinski definition) is 1. The molecule has 0 amide bonds. The van der Waals surface area contributed by atoms with Crippen LogP contribution in [0.2, 0.25) is 10.0 Å². The Hall–Kier alpha value is -0.240. The van der Waals surface area contributed by atoms with Crippen molar-refractivity contribution in [2.24, 2.45) is 17.1 Å². The fourth-order valence-electron chi connectivity index (χ4n) is 2.34. The van der Waals surface area contributed by atoms with Gasteiger partial charge in [-0.1, -0.05) is 49.2 Å². The maximum absolute atomic E-state index is 6.20. The lowest BCUT2D eigenvalue weighted by molar-refractivity contribution is 0.476. The van der Waals surface area contributed by atoms with E-state index < -0.39 is 0 Å². The van der Waals surface area contributed by atoms with Crippen molar-refractivity contribution in [3.63, 3.8) is 0 Å². The molecule has 0 saturated heterocycles. The van der Waals surface area contributed by atoms with Gasteiger partial charge in [0, 0.05) is 6.04 Å². The minimum atomic E-state index is 0.186. The van der Waals surface area contributed by atoms with Gasteiger partial charge in [-0.15, -0.1) is 0 Å². The molecular weight excluding hydrogens is 241 g/mol. The highest BCUT2D eigenvalue weighted by Gasteiger charge is 2.48. The molecule has 1 aliphatic rings. The van der Waals surface area contributed by atoms with Crippen LogP contribution in [0, 0.1) is 11.3 Å². The molecule has 0 spiro atoms. The van der Waals surface area contributed by atoms with E-state index in [0.29, 0.717) is 21.4 Å². The monoisotopic (exact) mass is 257 g/mol. The third-order valence-electron chi connectivity index (χ3n) is 3.59. The van der Waals surface area contributed by atoms with Gasteiger partial charge in [-0.3, -0.25) is 0 Å². The zero-order valence-electron chi connectivity index (χ0n) is 9.63. The molecule has 1 aromatic rings. The highest BCUT2D eigenvalue weighted by Crippen LogP contribution is 2.53. The first kappa shape index (κ1) is 12.2. The van der Waals surface area contributed by atoms with E-state index in [1.54, 1.807) is 6.07 Å². The van der Waals surface area contributed by atoms with Crippen LogP contribution >= 0.6 is 23.2 Å². The SMILES string of the molecule is CC1(C)CC1C(N)Cc1cccc(Cl)c1Cl. The van der Waals surface area contributed by atoms with Crippen molar-refractivity contribution < 1.29 is 0 Å². The van der Waals surface area contributed by atoms with E-state index in [0.717, 1.165) is 12.0 Å². The van der Waals surface area contributed by atoms with Gasteiger partial charge >= 0.3 is 0 Å². The summed E-state index contributed by atoms with van der Waals surface area (Å²) in [5.74, 6) is 0.613. The maximum atomic E-state index is 6.20. The maximum Gasteiger partial charge on any atom is 0.0624 e. The summed E-state index contributed by atoms with van der Waals surface area (Å²) in [6.45, 7) is 4.52. The first-order valence-corrected chi connectivity index (χ1v) is 6.36. The lowest BCUT2D eigenvalue weighted by Crippen LogP contribution is -2.27. The van der Waals surface area contributed by atoms with Crippen molar-refractivity contribution >= 4 is 23.2 Å². The molecular formula is C13H17Cl2N. The Morgan fingerprint density at radius 2 is 2.06 bits per heavy atom. The third kappa shape index (κ3) is 2.37. The third-order valence-corrected chi connectivity index (χ3v) is 4.45. The molecule has 1 saturated carbocycles. The summed E-state index contributed by atoms with van der Waals surface area (Å²) in [6, 6.07) is 5.92. The predicted molar refractivity (Wildman–Crippen MR) is 70.0 cm³/mol.